The quantitative estimate of drug-likeness (QED) is 0.518. The zero-order chi connectivity index (χ0) is 18.8. The molecule has 1 aliphatic rings. The third kappa shape index (κ3) is 3.59. The van der Waals surface area contributed by atoms with Crippen molar-refractivity contribution in [1.29, 1.82) is 0 Å². The topological polar surface area (TPSA) is 46.5 Å². The molecule has 136 valence electrons. The maximum Gasteiger partial charge on any atom is 0.308 e. The molecule has 3 heteroatoms. The number of hydrogen-bond donors (Lipinski definition) is 1. The summed E-state index contributed by atoms with van der Waals surface area (Å²) in [5, 5.41) is 9.90. The van der Waals surface area contributed by atoms with E-state index in [4.69, 9.17) is 4.74 Å². The summed E-state index contributed by atoms with van der Waals surface area (Å²) in [5.41, 5.74) is 4.97. The Kier molecular flexibility index (Phi) is 4.68. The number of aromatic hydroxyl groups is 1. The Morgan fingerprint density at radius 3 is 2.41 bits per heavy atom. The molecule has 3 aromatic rings. The Labute approximate surface area is 159 Å². The average molecular weight is 358 g/mol. The minimum Gasteiger partial charge on any atom is -0.508 e. The van der Waals surface area contributed by atoms with Gasteiger partial charge in [-0.1, -0.05) is 48.5 Å². The van der Waals surface area contributed by atoms with E-state index in [0.717, 1.165) is 12.8 Å². The van der Waals surface area contributed by atoms with Crippen molar-refractivity contribution >= 4 is 5.97 Å². The summed E-state index contributed by atoms with van der Waals surface area (Å²) in [4.78, 5) is 11.2. The Hall–Kier alpha value is -3.07. The summed E-state index contributed by atoms with van der Waals surface area (Å²) in [6, 6.07) is 24.1. The highest BCUT2D eigenvalue weighted by Crippen LogP contribution is 2.47. The highest BCUT2D eigenvalue weighted by Gasteiger charge is 2.32. The molecule has 1 unspecified atom stereocenters. The van der Waals surface area contributed by atoms with Crippen LogP contribution in [-0.2, 0) is 11.2 Å². The first-order valence-electron chi connectivity index (χ1n) is 9.27. The highest BCUT2D eigenvalue weighted by atomic mass is 16.5. The number of ether oxygens (including phenoxy) is 1. The lowest BCUT2D eigenvalue weighted by molar-refractivity contribution is -0.131. The number of rotatable bonds is 3. The van der Waals surface area contributed by atoms with Crippen molar-refractivity contribution < 1.29 is 14.6 Å². The normalized spacial score (nSPS) is 18.6. The Balaban J connectivity index is 1.78. The van der Waals surface area contributed by atoms with E-state index < -0.39 is 0 Å². The fraction of sp³-hybridized carbons (Fsp3) is 0.208. The fourth-order valence-corrected chi connectivity index (χ4v) is 4.19. The molecule has 2 atom stereocenters. The smallest absolute Gasteiger partial charge is 0.308 e. The van der Waals surface area contributed by atoms with Crippen LogP contribution in [0.15, 0.2) is 72.8 Å². The van der Waals surface area contributed by atoms with Gasteiger partial charge in [0.25, 0.3) is 0 Å². The second-order valence-electron chi connectivity index (χ2n) is 7.08. The first-order valence-corrected chi connectivity index (χ1v) is 9.27. The highest BCUT2D eigenvalue weighted by molar-refractivity contribution is 5.69. The van der Waals surface area contributed by atoms with Crippen LogP contribution < -0.4 is 4.74 Å². The number of hydrogen-bond acceptors (Lipinski definition) is 3. The lowest BCUT2D eigenvalue weighted by Gasteiger charge is -2.34. The zero-order valence-electron chi connectivity index (χ0n) is 15.3. The van der Waals surface area contributed by atoms with Gasteiger partial charge in [0, 0.05) is 12.8 Å². The molecule has 0 aliphatic heterocycles. The molecule has 27 heavy (non-hydrogen) atoms. The van der Waals surface area contributed by atoms with Gasteiger partial charge in [-0.25, -0.2) is 0 Å². The summed E-state index contributed by atoms with van der Waals surface area (Å²) >= 11 is 0. The van der Waals surface area contributed by atoms with Crippen LogP contribution in [0.3, 0.4) is 0 Å². The second kappa shape index (κ2) is 7.28. The summed E-state index contributed by atoms with van der Waals surface area (Å²) in [7, 11) is 0. The Morgan fingerprint density at radius 1 is 0.963 bits per heavy atom. The largest absolute Gasteiger partial charge is 0.508 e. The zero-order valence-corrected chi connectivity index (χ0v) is 15.3. The average Bonchev–Trinajstić information content (AvgIpc) is 2.68. The van der Waals surface area contributed by atoms with Crippen LogP contribution in [0.1, 0.15) is 47.4 Å². The minimum atomic E-state index is -0.316. The Bertz CT molecular complexity index is 945. The van der Waals surface area contributed by atoms with E-state index in [-0.39, 0.29) is 11.9 Å². The lowest BCUT2D eigenvalue weighted by atomic mass is 9.69. The van der Waals surface area contributed by atoms with Crippen molar-refractivity contribution in [2.45, 2.75) is 31.6 Å². The fourth-order valence-electron chi connectivity index (χ4n) is 4.19. The van der Waals surface area contributed by atoms with E-state index in [1.54, 1.807) is 6.07 Å². The Morgan fingerprint density at radius 2 is 1.70 bits per heavy atom. The van der Waals surface area contributed by atoms with Crippen molar-refractivity contribution in [3.63, 3.8) is 0 Å². The molecule has 0 fully saturated rings. The van der Waals surface area contributed by atoms with Gasteiger partial charge in [0.2, 0.25) is 0 Å². The molecular weight excluding hydrogens is 336 g/mol. The standard InChI is InChI=1S/C24H22O3/c1-16(25)27-21-11-7-18(8-12-21)24-22(17-5-3-2-4-6-17)13-9-19-15-20(26)10-14-23(19)24/h2-8,10-12,14-15,22,24,26H,9,13H2,1H3/t22-,24?/m1/s1. The first-order chi connectivity index (χ1) is 13.1. The van der Waals surface area contributed by atoms with Gasteiger partial charge < -0.3 is 9.84 Å². The van der Waals surface area contributed by atoms with E-state index in [0.29, 0.717) is 17.4 Å². The summed E-state index contributed by atoms with van der Waals surface area (Å²) < 4.78 is 5.18. The van der Waals surface area contributed by atoms with Crippen molar-refractivity contribution in [3.05, 3.63) is 95.1 Å². The summed E-state index contributed by atoms with van der Waals surface area (Å²) in [5.74, 6) is 1.12. The van der Waals surface area contributed by atoms with Gasteiger partial charge in [0.05, 0.1) is 0 Å². The van der Waals surface area contributed by atoms with Crippen LogP contribution in [0, 0.1) is 0 Å². The summed E-state index contributed by atoms with van der Waals surface area (Å²) in [6.07, 6.45) is 1.97. The van der Waals surface area contributed by atoms with Crippen LogP contribution >= 0.6 is 0 Å². The second-order valence-corrected chi connectivity index (χ2v) is 7.08. The predicted molar refractivity (Wildman–Crippen MR) is 105 cm³/mol. The SMILES string of the molecule is CC(=O)Oc1ccc(C2c3ccc(O)cc3CC[C@@H]2c2ccccc2)cc1. The molecule has 0 heterocycles. The number of aryl methyl sites for hydroxylation is 1. The third-order valence-electron chi connectivity index (χ3n) is 5.32. The van der Waals surface area contributed by atoms with Gasteiger partial charge in [0.1, 0.15) is 11.5 Å². The summed E-state index contributed by atoms with van der Waals surface area (Å²) in [6.45, 7) is 1.41. The van der Waals surface area contributed by atoms with Crippen LogP contribution in [0.25, 0.3) is 0 Å². The van der Waals surface area contributed by atoms with Gasteiger partial charge in [-0.3, -0.25) is 4.79 Å². The van der Waals surface area contributed by atoms with Crippen molar-refractivity contribution in [2.24, 2.45) is 0 Å². The molecule has 4 rings (SSSR count). The first kappa shape index (κ1) is 17.3. The predicted octanol–water partition coefficient (Wildman–Crippen LogP) is 5.18. The maximum atomic E-state index is 11.2. The molecule has 3 aromatic carbocycles. The number of carbonyl (C=O) groups is 1. The molecule has 0 saturated heterocycles. The molecule has 3 nitrogen and oxygen atoms in total. The number of phenolic OH excluding ortho intramolecular Hbond substituents is 1. The van der Waals surface area contributed by atoms with Gasteiger partial charge >= 0.3 is 5.97 Å². The number of phenols is 1. The number of fused-ring (bicyclic) bond motifs is 1. The van der Waals surface area contributed by atoms with E-state index >= 15 is 0 Å². The van der Waals surface area contributed by atoms with Crippen LogP contribution in [0.5, 0.6) is 11.5 Å². The molecule has 0 saturated carbocycles. The van der Waals surface area contributed by atoms with E-state index in [2.05, 4.69) is 24.3 Å². The van der Waals surface area contributed by atoms with Crippen molar-refractivity contribution in [3.8, 4) is 11.5 Å². The minimum absolute atomic E-state index is 0.197. The van der Waals surface area contributed by atoms with Crippen molar-refractivity contribution in [2.75, 3.05) is 0 Å². The van der Waals surface area contributed by atoms with Gasteiger partial charge in [-0.15, -0.1) is 0 Å². The monoisotopic (exact) mass is 358 g/mol. The third-order valence-corrected chi connectivity index (χ3v) is 5.32. The molecule has 0 bridgehead atoms. The molecule has 0 spiro atoms. The molecule has 0 radical (unpaired) electrons. The lowest BCUT2D eigenvalue weighted by Crippen LogP contribution is -2.20. The maximum absolute atomic E-state index is 11.2. The van der Waals surface area contributed by atoms with E-state index in [1.807, 2.05) is 42.5 Å². The molecule has 0 aromatic heterocycles. The van der Waals surface area contributed by atoms with E-state index in [1.165, 1.54) is 29.2 Å². The van der Waals surface area contributed by atoms with Crippen LogP contribution in [0.2, 0.25) is 0 Å². The number of benzene rings is 3. The van der Waals surface area contributed by atoms with Crippen LogP contribution in [0.4, 0.5) is 0 Å². The molecule has 0 amide bonds. The van der Waals surface area contributed by atoms with Gasteiger partial charge in [-0.2, -0.15) is 0 Å². The van der Waals surface area contributed by atoms with Crippen molar-refractivity contribution in [1.82, 2.24) is 0 Å². The number of esters is 1. The molecular formula is C24H22O3. The van der Waals surface area contributed by atoms with Crippen LogP contribution in [-0.4, -0.2) is 11.1 Å². The van der Waals surface area contributed by atoms with Gasteiger partial charge in [-0.05, 0) is 65.3 Å². The van der Waals surface area contributed by atoms with E-state index in [9.17, 15) is 9.90 Å². The molecule has 1 N–H and O–H groups in total. The number of carbonyl (C=O) groups excluding carboxylic acids is 1. The molecule has 1 aliphatic carbocycles. The van der Waals surface area contributed by atoms with Gasteiger partial charge in [0.15, 0.2) is 0 Å².